The maximum atomic E-state index is 13.2. The fraction of sp³-hybridized carbons (Fsp3) is 0.308. The highest BCUT2D eigenvalue weighted by molar-refractivity contribution is 5.36. The van der Waals surface area contributed by atoms with Gasteiger partial charge >= 0.3 is 0 Å². The third kappa shape index (κ3) is 2.13. The molecular weight excluding hydrogens is 203 g/mol. The fourth-order valence-corrected chi connectivity index (χ4v) is 1.63. The lowest BCUT2D eigenvalue weighted by Gasteiger charge is -2.03. The van der Waals surface area contributed by atoms with Gasteiger partial charge in [0.25, 0.3) is 0 Å². The van der Waals surface area contributed by atoms with Crippen molar-refractivity contribution in [2.45, 2.75) is 26.7 Å². The molecule has 0 fully saturated rings. The molecule has 2 rings (SSSR count). The van der Waals surface area contributed by atoms with Gasteiger partial charge in [0.05, 0.1) is 11.9 Å². The van der Waals surface area contributed by atoms with Crippen LogP contribution in [0.25, 0.3) is 5.69 Å². The van der Waals surface area contributed by atoms with Crippen LogP contribution in [0.2, 0.25) is 0 Å². The first kappa shape index (κ1) is 10.9. The Morgan fingerprint density at radius 1 is 1.25 bits per heavy atom. The predicted octanol–water partition coefficient (Wildman–Crippen LogP) is 3.44. The van der Waals surface area contributed by atoms with Crippen LogP contribution in [0, 0.1) is 12.7 Å². The van der Waals surface area contributed by atoms with Gasteiger partial charge in [0.1, 0.15) is 5.82 Å². The highest BCUT2D eigenvalue weighted by Crippen LogP contribution is 2.17. The summed E-state index contributed by atoms with van der Waals surface area (Å²) in [5.41, 5.74) is 2.82. The molecule has 0 N–H and O–H groups in total. The van der Waals surface area contributed by atoms with E-state index in [0.717, 1.165) is 16.8 Å². The van der Waals surface area contributed by atoms with Crippen molar-refractivity contribution >= 4 is 0 Å². The largest absolute Gasteiger partial charge is 0.241 e. The molecule has 1 aromatic carbocycles. The molecule has 2 nitrogen and oxygen atoms in total. The van der Waals surface area contributed by atoms with E-state index in [1.807, 2.05) is 25.4 Å². The third-order valence-corrected chi connectivity index (χ3v) is 2.56. The summed E-state index contributed by atoms with van der Waals surface area (Å²) in [7, 11) is 0. The van der Waals surface area contributed by atoms with Crippen LogP contribution in [-0.2, 0) is 0 Å². The van der Waals surface area contributed by atoms with Crippen molar-refractivity contribution in [1.82, 2.24) is 9.78 Å². The quantitative estimate of drug-likeness (QED) is 0.755. The van der Waals surface area contributed by atoms with Gasteiger partial charge in [0.15, 0.2) is 0 Å². The Hall–Kier alpha value is -1.64. The van der Waals surface area contributed by atoms with E-state index < -0.39 is 0 Å². The van der Waals surface area contributed by atoms with Crippen molar-refractivity contribution < 1.29 is 4.39 Å². The lowest BCUT2D eigenvalue weighted by atomic mass is 10.1. The smallest absolute Gasteiger partial charge is 0.125 e. The number of benzene rings is 1. The van der Waals surface area contributed by atoms with E-state index in [1.54, 1.807) is 4.68 Å². The number of halogens is 1. The molecular formula is C13H15FN2. The number of aromatic nitrogens is 2. The van der Waals surface area contributed by atoms with Crippen molar-refractivity contribution in [3.05, 3.63) is 47.5 Å². The maximum absolute atomic E-state index is 13.2. The van der Waals surface area contributed by atoms with Crippen LogP contribution in [0.1, 0.15) is 30.9 Å². The van der Waals surface area contributed by atoms with E-state index in [-0.39, 0.29) is 5.82 Å². The molecule has 3 heteroatoms. The second-order valence-electron chi connectivity index (χ2n) is 4.36. The monoisotopic (exact) mass is 218 g/mol. The minimum Gasteiger partial charge on any atom is -0.241 e. The number of nitrogens with zero attached hydrogens (tertiary/aromatic N) is 2. The van der Waals surface area contributed by atoms with Gasteiger partial charge in [0.2, 0.25) is 0 Å². The molecule has 0 radical (unpaired) electrons. The summed E-state index contributed by atoms with van der Waals surface area (Å²) in [6, 6.07) is 4.92. The fourth-order valence-electron chi connectivity index (χ4n) is 1.63. The summed E-state index contributed by atoms with van der Waals surface area (Å²) >= 11 is 0. The molecule has 0 amide bonds. The number of hydrogen-bond acceptors (Lipinski definition) is 1. The van der Waals surface area contributed by atoms with Crippen molar-refractivity contribution in [2.24, 2.45) is 0 Å². The third-order valence-electron chi connectivity index (χ3n) is 2.56. The molecule has 2 aromatic rings. The summed E-state index contributed by atoms with van der Waals surface area (Å²) in [5, 5.41) is 4.24. The zero-order chi connectivity index (χ0) is 11.7. The topological polar surface area (TPSA) is 17.8 Å². The zero-order valence-electron chi connectivity index (χ0n) is 9.74. The van der Waals surface area contributed by atoms with Gasteiger partial charge < -0.3 is 0 Å². The SMILES string of the molecule is Cc1cc(F)cc(-n2cc(C(C)C)cn2)c1. The van der Waals surface area contributed by atoms with Crippen LogP contribution in [0.15, 0.2) is 30.6 Å². The van der Waals surface area contributed by atoms with E-state index in [0.29, 0.717) is 5.92 Å². The minimum atomic E-state index is -0.225. The summed E-state index contributed by atoms with van der Waals surface area (Å²) in [5.74, 6) is 0.208. The van der Waals surface area contributed by atoms with Crippen LogP contribution in [0.5, 0.6) is 0 Å². The molecule has 84 valence electrons. The van der Waals surface area contributed by atoms with E-state index in [4.69, 9.17) is 0 Å². The molecule has 0 bridgehead atoms. The van der Waals surface area contributed by atoms with Gasteiger partial charge in [-0.05, 0) is 42.2 Å². The van der Waals surface area contributed by atoms with Gasteiger partial charge in [-0.1, -0.05) is 13.8 Å². The van der Waals surface area contributed by atoms with Crippen molar-refractivity contribution in [3.63, 3.8) is 0 Å². The molecule has 0 aliphatic rings. The van der Waals surface area contributed by atoms with Gasteiger partial charge in [-0.3, -0.25) is 0 Å². The Labute approximate surface area is 94.7 Å². The first-order valence-electron chi connectivity index (χ1n) is 5.38. The summed E-state index contributed by atoms with van der Waals surface area (Å²) < 4.78 is 15.0. The zero-order valence-corrected chi connectivity index (χ0v) is 9.74. The molecule has 0 aliphatic carbocycles. The van der Waals surface area contributed by atoms with E-state index in [1.165, 1.54) is 12.1 Å². The molecule has 0 saturated carbocycles. The van der Waals surface area contributed by atoms with E-state index >= 15 is 0 Å². The second kappa shape index (κ2) is 4.08. The molecule has 1 heterocycles. The van der Waals surface area contributed by atoms with Gasteiger partial charge in [-0.25, -0.2) is 9.07 Å². The molecule has 16 heavy (non-hydrogen) atoms. The van der Waals surface area contributed by atoms with Crippen molar-refractivity contribution in [3.8, 4) is 5.69 Å². The van der Waals surface area contributed by atoms with E-state index in [2.05, 4.69) is 18.9 Å². The Kier molecular flexibility index (Phi) is 2.77. The van der Waals surface area contributed by atoms with Crippen LogP contribution in [0.4, 0.5) is 4.39 Å². The highest BCUT2D eigenvalue weighted by Gasteiger charge is 2.05. The molecule has 0 atom stereocenters. The Bertz CT molecular complexity index is 480. The Morgan fingerprint density at radius 3 is 2.56 bits per heavy atom. The Morgan fingerprint density at radius 2 is 2.00 bits per heavy atom. The van der Waals surface area contributed by atoms with Crippen molar-refractivity contribution in [2.75, 3.05) is 0 Å². The second-order valence-corrected chi connectivity index (χ2v) is 4.36. The van der Waals surface area contributed by atoms with Crippen LogP contribution >= 0.6 is 0 Å². The first-order chi connectivity index (χ1) is 7.56. The molecule has 0 aliphatic heterocycles. The molecule has 0 unspecified atom stereocenters. The van der Waals surface area contributed by atoms with Crippen LogP contribution in [0.3, 0.4) is 0 Å². The van der Waals surface area contributed by atoms with Gasteiger partial charge in [-0.15, -0.1) is 0 Å². The van der Waals surface area contributed by atoms with Crippen LogP contribution < -0.4 is 0 Å². The van der Waals surface area contributed by atoms with Gasteiger partial charge in [-0.2, -0.15) is 5.10 Å². The standard InChI is InChI=1S/C13H15FN2/c1-9(2)11-7-15-16(8-11)13-5-10(3)4-12(14)6-13/h4-9H,1-3H3. The summed E-state index contributed by atoms with van der Waals surface area (Å²) in [6.45, 7) is 6.09. The number of aryl methyl sites for hydroxylation is 1. The average Bonchev–Trinajstić information content (AvgIpc) is 2.64. The average molecular weight is 218 g/mol. The first-order valence-corrected chi connectivity index (χ1v) is 5.38. The highest BCUT2D eigenvalue weighted by atomic mass is 19.1. The lowest BCUT2D eigenvalue weighted by molar-refractivity contribution is 0.624. The predicted molar refractivity (Wildman–Crippen MR) is 62.3 cm³/mol. The molecule has 1 aromatic heterocycles. The maximum Gasteiger partial charge on any atom is 0.125 e. The number of hydrogen-bond donors (Lipinski definition) is 0. The lowest BCUT2D eigenvalue weighted by Crippen LogP contribution is -1.96. The summed E-state index contributed by atoms with van der Waals surface area (Å²) in [6.07, 6.45) is 3.77. The molecule has 0 saturated heterocycles. The normalized spacial score (nSPS) is 11.1. The van der Waals surface area contributed by atoms with Crippen molar-refractivity contribution in [1.29, 1.82) is 0 Å². The van der Waals surface area contributed by atoms with Gasteiger partial charge in [0, 0.05) is 6.20 Å². The Balaban J connectivity index is 2.42. The number of rotatable bonds is 2. The molecule has 0 spiro atoms. The minimum absolute atomic E-state index is 0.225. The summed E-state index contributed by atoms with van der Waals surface area (Å²) in [4.78, 5) is 0. The van der Waals surface area contributed by atoms with Crippen LogP contribution in [-0.4, -0.2) is 9.78 Å². The van der Waals surface area contributed by atoms with E-state index in [9.17, 15) is 4.39 Å².